The van der Waals surface area contributed by atoms with Crippen LogP contribution in [0, 0.1) is 6.92 Å². The highest BCUT2D eigenvalue weighted by Crippen LogP contribution is 2.19. The molecule has 3 heteroatoms. The molecule has 0 unspecified atom stereocenters. The molecule has 2 aromatic rings. The van der Waals surface area contributed by atoms with Crippen molar-refractivity contribution in [3.05, 3.63) is 41.2 Å². The maximum atomic E-state index is 4.63. The molecule has 0 radical (unpaired) electrons. The second kappa shape index (κ2) is 6.90. The molecule has 1 aromatic heterocycles. The van der Waals surface area contributed by atoms with Crippen molar-refractivity contribution >= 4 is 11.0 Å². The lowest BCUT2D eigenvalue weighted by molar-refractivity contribution is 0.628. The molecular formula is C18H25N3. The third-order valence-corrected chi connectivity index (χ3v) is 4.23. The number of hydrogen-bond donors (Lipinski definition) is 2. The zero-order chi connectivity index (χ0) is 14.5. The highest BCUT2D eigenvalue weighted by Gasteiger charge is 2.04. The minimum Gasteiger partial charge on any atom is -0.342 e. The second-order valence-corrected chi connectivity index (χ2v) is 6.06. The molecule has 0 saturated heterocycles. The number of aromatic nitrogens is 2. The molecule has 0 atom stereocenters. The van der Waals surface area contributed by atoms with E-state index >= 15 is 0 Å². The number of nitrogens with one attached hydrogen (secondary N) is 2. The van der Waals surface area contributed by atoms with Crippen LogP contribution in [0.15, 0.2) is 29.8 Å². The summed E-state index contributed by atoms with van der Waals surface area (Å²) in [5.41, 5.74) is 5.14. The average molecular weight is 283 g/mol. The Bertz CT molecular complexity index is 624. The fourth-order valence-electron chi connectivity index (χ4n) is 3.01. The van der Waals surface area contributed by atoms with Crippen LogP contribution in [0.4, 0.5) is 0 Å². The van der Waals surface area contributed by atoms with E-state index in [1.807, 2.05) is 0 Å². The van der Waals surface area contributed by atoms with E-state index in [1.54, 1.807) is 5.57 Å². The van der Waals surface area contributed by atoms with Crippen molar-refractivity contribution in [1.82, 2.24) is 15.3 Å². The van der Waals surface area contributed by atoms with Gasteiger partial charge in [-0.1, -0.05) is 17.7 Å². The minimum atomic E-state index is 0.965. The number of hydrogen-bond acceptors (Lipinski definition) is 2. The van der Waals surface area contributed by atoms with Crippen LogP contribution in [0.25, 0.3) is 11.0 Å². The Morgan fingerprint density at radius 2 is 2.10 bits per heavy atom. The molecule has 0 spiro atoms. The average Bonchev–Trinajstić information content (AvgIpc) is 2.90. The summed E-state index contributed by atoms with van der Waals surface area (Å²) in [6.07, 6.45) is 9.96. The van der Waals surface area contributed by atoms with Gasteiger partial charge in [-0.05, 0) is 63.3 Å². The summed E-state index contributed by atoms with van der Waals surface area (Å²) in [6.45, 7) is 4.19. The number of rotatable bonds is 6. The maximum absolute atomic E-state index is 4.63. The van der Waals surface area contributed by atoms with Gasteiger partial charge in [0.15, 0.2) is 0 Å². The summed E-state index contributed by atoms with van der Waals surface area (Å²) < 4.78 is 0. The third kappa shape index (κ3) is 3.94. The van der Waals surface area contributed by atoms with Gasteiger partial charge in [0.25, 0.3) is 0 Å². The van der Waals surface area contributed by atoms with Gasteiger partial charge in [0, 0.05) is 13.0 Å². The van der Waals surface area contributed by atoms with Crippen LogP contribution in [0.5, 0.6) is 0 Å². The Kier molecular flexibility index (Phi) is 4.71. The number of aromatic amines is 1. The predicted octanol–water partition coefficient (Wildman–Crippen LogP) is 3.89. The van der Waals surface area contributed by atoms with Crippen LogP contribution in [0.2, 0.25) is 0 Å². The molecule has 1 aliphatic rings. The van der Waals surface area contributed by atoms with Crippen LogP contribution >= 0.6 is 0 Å². The summed E-state index contributed by atoms with van der Waals surface area (Å²) in [6, 6.07) is 6.37. The number of nitrogens with zero attached hydrogens (tertiary/aromatic N) is 1. The summed E-state index contributed by atoms with van der Waals surface area (Å²) >= 11 is 0. The van der Waals surface area contributed by atoms with Gasteiger partial charge < -0.3 is 10.3 Å². The van der Waals surface area contributed by atoms with Crippen LogP contribution < -0.4 is 5.32 Å². The van der Waals surface area contributed by atoms with Gasteiger partial charge in [-0.2, -0.15) is 0 Å². The molecule has 1 aliphatic carbocycles. The van der Waals surface area contributed by atoms with E-state index in [9.17, 15) is 0 Å². The Hall–Kier alpha value is -1.61. The first kappa shape index (κ1) is 14.3. The molecular weight excluding hydrogens is 258 g/mol. The molecule has 0 aliphatic heterocycles. The topological polar surface area (TPSA) is 40.7 Å². The van der Waals surface area contributed by atoms with Crippen LogP contribution in [-0.4, -0.2) is 23.1 Å². The maximum Gasteiger partial charge on any atom is 0.108 e. The van der Waals surface area contributed by atoms with E-state index in [-0.39, 0.29) is 0 Å². The van der Waals surface area contributed by atoms with Crippen molar-refractivity contribution in [3.8, 4) is 0 Å². The molecule has 3 rings (SSSR count). The lowest BCUT2D eigenvalue weighted by Gasteiger charge is -2.12. The van der Waals surface area contributed by atoms with Crippen molar-refractivity contribution in [2.75, 3.05) is 13.1 Å². The number of benzene rings is 1. The molecule has 3 nitrogen and oxygen atoms in total. The van der Waals surface area contributed by atoms with Crippen molar-refractivity contribution in [1.29, 1.82) is 0 Å². The zero-order valence-corrected chi connectivity index (χ0v) is 12.9. The van der Waals surface area contributed by atoms with E-state index in [1.165, 1.54) is 37.7 Å². The van der Waals surface area contributed by atoms with Gasteiger partial charge in [-0.3, -0.25) is 0 Å². The van der Waals surface area contributed by atoms with E-state index in [0.717, 1.165) is 36.4 Å². The number of allylic oxidation sites excluding steroid dienone is 1. The summed E-state index contributed by atoms with van der Waals surface area (Å²) in [5, 5.41) is 3.54. The van der Waals surface area contributed by atoms with E-state index < -0.39 is 0 Å². The Morgan fingerprint density at radius 3 is 2.95 bits per heavy atom. The van der Waals surface area contributed by atoms with Gasteiger partial charge in [0.2, 0.25) is 0 Å². The van der Waals surface area contributed by atoms with Gasteiger partial charge in [0.05, 0.1) is 11.0 Å². The molecule has 0 bridgehead atoms. The Balaban J connectivity index is 1.43. The lowest BCUT2D eigenvalue weighted by Crippen LogP contribution is -2.19. The van der Waals surface area contributed by atoms with E-state index in [4.69, 9.17) is 0 Å². The SMILES string of the molecule is Cc1ccc2nc(CCNCCC3=CCCCC3)[nH]c2c1. The van der Waals surface area contributed by atoms with Crippen LogP contribution in [0.3, 0.4) is 0 Å². The molecule has 2 N–H and O–H groups in total. The summed E-state index contributed by atoms with van der Waals surface area (Å²) in [4.78, 5) is 8.05. The lowest BCUT2D eigenvalue weighted by atomic mass is 9.97. The molecule has 0 amide bonds. The first-order chi connectivity index (χ1) is 10.3. The number of H-pyrrole nitrogens is 1. The smallest absolute Gasteiger partial charge is 0.108 e. The third-order valence-electron chi connectivity index (χ3n) is 4.23. The zero-order valence-electron chi connectivity index (χ0n) is 12.9. The Morgan fingerprint density at radius 1 is 1.19 bits per heavy atom. The van der Waals surface area contributed by atoms with Gasteiger partial charge >= 0.3 is 0 Å². The Labute approximate surface area is 126 Å². The highest BCUT2D eigenvalue weighted by molar-refractivity contribution is 5.75. The fourth-order valence-corrected chi connectivity index (χ4v) is 3.01. The fraction of sp³-hybridized carbons (Fsp3) is 0.500. The molecule has 112 valence electrons. The van der Waals surface area contributed by atoms with Crippen LogP contribution in [-0.2, 0) is 6.42 Å². The highest BCUT2D eigenvalue weighted by atomic mass is 14.9. The first-order valence-electron chi connectivity index (χ1n) is 8.15. The van der Waals surface area contributed by atoms with Gasteiger partial charge in [-0.25, -0.2) is 4.98 Å². The molecule has 1 heterocycles. The second-order valence-electron chi connectivity index (χ2n) is 6.06. The van der Waals surface area contributed by atoms with Gasteiger partial charge in [0.1, 0.15) is 5.82 Å². The van der Waals surface area contributed by atoms with Crippen molar-refractivity contribution in [3.63, 3.8) is 0 Å². The van der Waals surface area contributed by atoms with Gasteiger partial charge in [-0.15, -0.1) is 0 Å². The molecule has 1 aromatic carbocycles. The molecule has 21 heavy (non-hydrogen) atoms. The standard InChI is InChI=1S/C18H25N3/c1-14-7-8-16-17(13-14)21-18(20-16)10-12-19-11-9-15-5-3-2-4-6-15/h5,7-8,13,19H,2-4,6,9-12H2,1H3,(H,20,21). The summed E-state index contributed by atoms with van der Waals surface area (Å²) in [7, 11) is 0. The quantitative estimate of drug-likeness (QED) is 0.623. The van der Waals surface area contributed by atoms with Crippen molar-refractivity contribution in [2.24, 2.45) is 0 Å². The number of fused-ring (bicyclic) bond motifs is 1. The minimum absolute atomic E-state index is 0.965. The van der Waals surface area contributed by atoms with Crippen LogP contribution in [0.1, 0.15) is 43.5 Å². The number of aryl methyl sites for hydroxylation is 1. The number of imidazole rings is 1. The normalized spacial score (nSPS) is 15.4. The molecule has 0 saturated carbocycles. The summed E-state index contributed by atoms with van der Waals surface area (Å²) in [5.74, 6) is 1.08. The van der Waals surface area contributed by atoms with E-state index in [0.29, 0.717) is 0 Å². The monoisotopic (exact) mass is 283 g/mol. The first-order valence-corrected chi connectivity index (χ1v) is 8.15. The predicted molar refractivity (Wildman–Crippen MR) is 88.6 cm³/mol. The van der Waals surface area contributed by atoms with Crippen molar-refractivity contribution < 1.29 is 0 Å². The van der Waals surface area contributed by atoms with Crippen molar-refractivity contribution in [2.45, 2.75) is 45.4 Å². The molecule has 0 fully saturated rings. The van der Waals surface area contributed by atoms with E-state index in [2.05, 4.69) is 46.5 Å². The largest absolute Gasteiger partial charge is 0.342 e.